The molecule has 1 aromatic rings. The second kappa shape index (κ2) is 6.16. The molecule has 2 heterocycles. The SMILES string of the molecule is CC(N)c1ccc(N(C)CCN2CCCC2)nc1. The van der Waals surface area contributed by atoms with Crippen LogP contribution in [0.25, 0.3) is 0 Å². The largest absolute Gasteiger partial charge is 0.358 e. The Morgan fingerprint density at radius 1 is 1.39 bits per heavy atom. The summed E-state index contributed by atoms with van der Waals surface area (Å²) in [6, 6.07) is 4.18. The quantitative estimate of drug-likeness (QED) is 0.860. The highest BCUT2D eigenvalue weighted by Gasteiger charge is 2.12. The van der Waals surface area contributed by atoms with Gasteiger partial charge in [0.1, 0.15) is 5.82 Å². The van der Waals surface area contributed by atoms with Crippen LogP contribution in [0.4, 0.5) is 5.82 Å². The Bertz CT molecular complexity index is 355. The lowest BCUT2D eigenvalue weighted by Crippen LogP contribution is -2.31. The molecule has 0 radical (unpaired) electrons. The summed E-state index contributed by atoms with van der Waals surface area (Å²) in [7, 11) is 2.10. The Morgan fingerprint density at radius 2 is 2.11 bits per heavy atom. The predicted octanol–water partition coefficient (Wildman–Crippen LogP) is 1.63. The van der Waals surface area contributed by atoms with Crippen LogP contribution in [-0.4, -0.2) is 43.1 Å². The summed E-state index contributed by atoms with van der Waals surface area (Å²) in [5.41, 5.74) is 6.91. The van der Waals surface area contributed by atoms with Crippen molar-refractivity contribution < 1.29 is 0 Å². The minimum atomic E-state index is 0.0569. The van der Waals surface area contributed by atoms with Gasteiger partial charge in [0.2, 0.25) is 0 Å². The molecule has 0 aliphatic carbocycles. The molecule has 1 unspecified atom stereocenters. The van der Waals surface area contributed by atoms with Gasteiger partial charge in [-0.3, -0.25) is 0 Å². The fourth-order valence-corrected chi connectivity index (χ4v) is 2.30. The third kappa shape index (κ3) is 3.43. The van der Waals surface area contributed by atoms with Crippen molar-refractivity contribution in [1.29, 1.82) is 0 Å². The molecule has 0 aromatic carbocycles. The molecule has 1 aliphatic rings. The van der Waals surface area contributed by atoms with E-state index in [9.17, 15) is 0 Å². The molecule has 0 spiro atoms. The summed E-state index contributed by atoms with van der Waals surface area (Å²) in [4.78, 5) is 9.20. The molecule has 100 valence electrons. The average molecular weight is 248 g/mol. The van der Waals surface area contributed by atoms with Gasteiger partial charge in [0.05, 0.1) is 0 Å². The molecule has 2 N–H and O–H groups in total. The molecule has 1 atom stereocenters. The molecular weight excluding hydrogens is 224 g/mol. The standard InChI is InChI=1S/C14H24N4/c1-12(15)13-5-6-14(16-11-13)17(2)9-10-18-7-3-4-8-18/h5-6,11-12H,3-4,7-10,15H2,1-2H3. The maximum absolute atomic E-state index is 5.82. The van der Waals surface area contributed by atoms with Gasteiger partial charge in [-0.05, 0) is 44.5 Å². The van der Waals surface area contributed by atoms with E-state index >= 15 is 0 Å². The van der Waals surface area contributed by atoms with E-state index < -0.39 is 0 Å². The number of hydrogen-bond donors (Lipinski definition) is 1. The van der Waals surface area contributed by atoms with E-state index in [1.807, 2.05) is 13.1 Å². The third-order valence-corrected chi connectivity index (χ3v) is 3.64. The fraction of sp³-hybridized carbons (Fsp3) is 0.643. The number of pyridine rings is 1. The summed E-state index contributed by atoms with van der Waals surface area (Å²) < 4.78 is 0. The second-order valence-electron chi connectivity index (χ2n) is 5.21. The van der Waals surface area contributed by atoms with Crippen molar-refractivity contribution in [1.82, 2.24) is 9.88 Å². The van der Waals surface area contributed by atoms with E-state index in [0.717, 1.165) is 24.5 Å². The summed E-state index contributed by atoms with van der Waals surface area (Å²) in [5, 5.41) is 0. The summed E-state index contributed by atoms with van der Waals surface area (Å²) >= 11 is 0. The van der Waals surface area contributed by atoms with Crippen molar-refractivity contribution in [2.24, 2.45) is 5.73 Å². The molecule has 0 amide bonds. The zero-order valence-corrected chi connectivity index (χ0v) is 11.5. The second-order valence-corrected chi connectivity index (χ2v) is 5.21. The first-order chi connectivity index (χ1) is 8.66. The number of nitrogens with zero attached hydrogens (tertiary/aromatic N) is 3. The summed E-state index contributed by atoms with van der Waals surface area (Å²) in [6.45, 7) is 6.65. The normalized spacial score (nSPS) is 17.9. The van der Waals surface area contributed by atoms with Crippen LogP contribution in [0.3, 0.4) is 0 Å². The van der Waals surface area contributed by atoms with Gasteiger partial charge >= 0.3 is 0 Å². The molecular formula is C14H24N4. The molecule has 0 saturated carbocycles. The molecule has 18 heavy (non-hydrogen) atoms. The zero-order chi connectivity index (χ0) is 13.0. The Balaban J connectivity index is 1.85. The number of hydrogen-bond acceptors (Lipinski definition) is 4. The highest BCUT2D eigenvalue weighted by atomic mass is 15.2. The first-order valence-corrected chi connectivity index (χ1v) is 6.82. The molecule has 0 bridgehead atoms. The highest BCUT2D eigenvalue weighted by Crippen LogP contribution is 2.14. The van der Waals surface area contributed by atoms with Crippen LogP contribution in [0.15, 0.2) is 18.3 Å². The smallest absolute Gasteiger partial charge is 0.128 e. The molecule has 2 rings (SSSR count). The van der Waals surface area contributed by atoms with Gasteiger partial charge in [0, 0.05) is 32.4 Å². The molecule has 4 heteroatoms. The number of aromatic nitrogens is 1. The number of nitrogens with two attached hydrogens (primary N) is 1. The van der Waals surface area contributed by atoms with Crippen molar-refractivity contribution in [3.63, 3.8) is 0 Å². The lowest BCUT2D eigenvalue weighted by Gasteiger charge is -2.22. The lowest BCUT2D eigenvalue weighted by atomic mass is 10.1. The summed E-state index contributed by atoms with van der Waals surface area (Å²) in [6.07, 6.45) is 4.59. The van der Waals surface area contributed by atoms with Crippen LogP contribution in [-0.2, 0) is 0 Å². The van der Waals surface area contributed by atoms with Crippen molar-refractivity contribution in [2.45, 2.75) is 25.8 Å². The highest BCUT2D eigenvalue weighted by molar-refractivity contribution is 5.38. The maximum atomic E-state index is 5.82. The molecule has 4 nitrogen and oxygen atoms in total. The van der Waals surface area contributed by atoms with Crippen LogP contribution < -0.4 is 10.6 Å². The van der Waals surface area contributed by atoms with Gasteiger partial charge in [-0.1, -0.05) is 6.07 Å². The van der Waals surface area contributed by atoms with E-state index in [1.165, 1.54) is 25.9 Å². The first kappa shape index (κ1) is 13.3. The van der Waals surface area contributed by atoms with Crippen LogP contribution in [0.2, 0.25) is 0 Å². The third-order valence-electron chi connectivity index (χ3n) is 3.64. The summed E-state index contributed by atoms with van der Waals surface area (Å²) in [5.74, 6) is 1.03. The Labute approximate surface area is 110 Å². The van der Waals surface area contributed by atoms with Crippen molar-refractivity contribution in [2.75, 3.05) is 38.1 Å². The predicted molar refractivity (Wildman–Crippen MR) is 75.8 cm³/mol. The van der Waals surface area contributed by atoms with Crippen molar-refractivity contribution in [3.05, 3.63) is 23.9 Å². The monoisotopic (exact) mass is 248 g/mol. The Hall–Kier alpha value is -1.13. The van der Waals surface area contributed by atoms with Crippen LogP contribution in [0, 0.1) is 0 Å². The maximum Gasteiger partial charge on any atom is 0.128 e. The van der Waals surface area contributed by atoms with Crippen molar-refractivity contribution in [3.8, 4) is 0 Å². The minimum Gasteiger partial charge on any atom is -0.358 e. The lowest BCUT2D eigenvalue weighted by molar-refractivity contribution is 0.346. The minimum absolute atomic E-state index is 0.0569. The van der Waals surface area contributed by atoms with Gasteiger partial charge in [0.15, 0.2) is 0 Å². The van der Waals surface area contributed by atoms with Crippen LogP contribution >= 0.6 is 0 Å². The van der Waals surface area contributed by atoms with E-state index in [1.54, 1.807) is 0 Å². The van der Waals surface area contributed by atoms with Gasteiger partial charge in [0.25, 0.3) is 0 Å². The Kier molecular flexibility index (Phi) is 4.55. The topological polar surface area (TPSA) is 45.4 Å². The molecule has 1 saturated heterocycles. The number of rotatable bonds is 5. The van der Waals surface area contributed by atoms with Crippen LogP contribution in [0.5, 0.6) is 0 Å². The number of likely N-dealkylation sites (N-methyl/N-ethyl adjacent to an activating group) is 1. The van der Waals surface area contributed by atoms with Crippen molar-refractivity contribution >= 4 is 5.82 Å². The van der Waals surface area contributed by atoms with Gasteiger partial charge in [-0.15, -0.1) is 0 Å². The first-order valence-electron chi connectivity index (χ1n) is 6.82. The number of likely N-dealkylation sites (tertiary alicyclic amines) is 1. The molecule has 1 fully saturated rings. The van der Waals surface area contributed by atoms with E-state index in [4.69, 9.17) is 5.73 Å². The van der Waals surface area contributed by atoms with E-state index in [0.29, 0.717) is 0 Å². The Morgan fingerprint density at radius 3 is 2.67 bits per heavy atom. The zero-order valence-electron chi connectivity index (χ0n) is 11.5. The fourth-order valence-electron chi connectivity index (χ4n) is 2.30. The van der Waals surface area contributed by atoms with Gasteiger partial charge < -0.3 is 15.5 Å². The van der Waals surface area contributed by atoms with Crippen LogP contribution in [0.1, 0.15) is 31.4 Å². The van der Waals surface area contributed by atoms with Gasteiger partial charge in [-0.25, -0.2) is 4.98 Å². The molecule has 1 aliphatic heterocycles. The molecule has 1 aromatic heterocycles. The average Bonchev–Trinajstić information content (AvgIpc) is 2.89. The number of anilines is 1. The van der Waals surface area contributed by atoms with E-state index in [-0.39, 0.29) is 6.04 Å². The van der Waals surface area contributed by atoms with E-state index in [2.05, 4.69) is 34.0 Å². The van der Waals surface area contributed by atoms with Gasteiger partial charge in [-0.2, -0.15) is 0 Å².